The highest BCUT2D eigenvalue weighted by Crippen LogP contribution is 2.09. The van der Waals surface area contributed by atoms with Crippen molar-refractivity contribution in [2.75, 3.05) is 7.11 Å². The second-order valence-electron chi connectivity index (χ2n) is 4.33. The third-order valence-electron chi connectivity index (χ3n) is 2.60. The van der Waals surface area contributed by atoms with Crippen LogP contribution in [0, 0.1) is 26.2 Å². The molecule has 1 amide bonds. The smallest absolute Gasteiger partial charge is 0.329 e. The quantitative estimate of drug-likeness (QED) is 0.660. The Morgan fingerprint density at radius 2 is 1.89 bits per heavy atom. The van der Waals surface area contributed by atoms with Crippen LogP contribution in [0.4, 0.5) is 0 Å². The van der Waals surface area contributed by atoms with E-state index in [0.717, 1.165) is 11.1 Å². The van der Waals surface area contributed by atoms with Gasteiger partial charge in [0.1, 0.15) is 6.04 Å². The number of terminal acetylenes is 1. The van der Waals surface area contributed by atoms with E-state index >= 15 is 0 Å². The van der Waals surface area contributed by atoms with Crippen molar-refractivity contribution >= 4 is 11.9 Å². The molecule has 0 spiro atoms. The largest absolute Gasteiger partial charge is 0.467 e. The van der Waals surface area contributed by atoms with Crippen LogP contribution in [-0.4, -0.2) is 25.0 Å². The topological polar surface area (TPSA) is 55.4 Å². The highest BCUT2D eigenvalue weighted by molar-refractivity contribution is 5.97. The molecule has 0 heterocycles. The number of amides is 1. The van der Waals surface area contributed by atoms with Gasteiger partial charge in [-0.3, -0.25) is 4.79 Å². The molecule has 1 aromatic carbocycles. The molecule has 0 unspecified atom stereocenters. The molecule has 0 saturated carbocycles. The van der Waals surface area contributed by atoms with E-state index in [4.69, 9.17) is 6.42 Å². The predicted octanol–water partition coefficient (Wildman–Crippen LogP) is 1.60. The molecule has 0 radical (unpaired) electrons. The van der Waals surface area contributed by atoms with E-state index in [1.807, 2.05) is 19.9 Å². The summed E-state index contributed by atoms with van der Waals surface area (Å²) in [6, 6.07) is 4.66. The number of aryl methyl sites for hydroxylation is 2. The molecule has 1 rings (SSSR count). The van der Waals surface area contributed by atoms with E-state index in [1.165, 1.54) is 7.11 Å². The number of esters is 1. The standard InChI is InChI=1S/C15H17NO3/c1-5-6-13(15(18)19-4)16-14(17)12-8-10(2)7-11(3)9-12/h1,7-9,13H,6H2,2-4H3,(H,16,17)/t13-/m0/s1. The van der Waals surface area contributed by atoms with Gasteiger partial charge in [-0.15, -0.1) is 12.3 Å². The molecule has 19 heavy (non-hydrogen) atoms. The Morgan fingerprint density at radius 1 is 1.32 bits per heavy atom. The minimum absolute atomic E-state index is 0.100. The number of ether oxygens (including phenoxy) is 1. The molecule has 0 saturated heterocycles. The van der Waals surface area contributed by atoms with Crippen LogP contribution in [0.25, 0.3) is 0 Å². The lowest BCUT2D eigenvalue weighted by Gasteiger charge is -2.14. The molecule has 0 aliphatic rings. The van der Waals surface area contributed by atoms with Crippen molar-refractivity contribution in [1.29, 1.82) is 0 Å². The Hall–Kier alpha value is -2.28. The zero-order chi connectivity index (χ0) is 14.4. The SMILES string of the molecule is C#CC[C@H](NC(=O)c1cc(C)cc(C)c1)C(=O)OC. The number of hydrogen-bond acceptors (Lipinski definition) is 3. The van der Waals surface area contributed by atoms with Gasteiger partial charge in [0.05, 0.1) is 7.11 Å². The van der Waals surface area contributed by atoms with Crippen LogP contribution in [0.15, 0.2) is 18.2 Å². The van der Waals surface area contributed by atoms with Crippen molar-refractivity contribution in [3.8, 4) is 12.3 Å². The molecular formula is C15H17NO3. The predicted molar refractivity (Wildman–Crippen MR) is 72.6 cm³/mol. The second kappa shape index (κ2) is 6.60. The Bertz CT molecular complexity index is 508. The summed E-state index contributed by atoms with van der Waals surface area (Å²) in [7, 11) is 1.26. The van der Waals surface area contributed by atoms with Crippen molar-refractivity contribution in [1.82, 2.24) is 5.32 Å². The summed E-state index contributed by atoms with van der Waals surface area (Å²) in [6.07, 6.45) is 5.28. The zero-order valence-corrected chi connectivity index (χ0v) is 11.3. The maximum absolute atomic E-state index is 12.1. The van der Waals surface area contributed by atoms with Crippen LogP contribution in [0.3, 0.4) is 0 Å². The summed E-state index contributed by atoms with van der Waals surface area (Å²) in [6.45, 7) is 3.81. The molecule has 4 heteroatoms. The fourth-order valence-corrected chi connectivity index (χ4v) is 1.80. The van der Waals surface area contributed by atoms with Gasteiger partial charge in [0.15, 0.2) is 0 Å². The first-order valence-corrected chi connectivity index (χ1v) is 5.88. The fraction of sp³-hybridized carbons (Fsp3) is 0.333. The van der Waals surface area contributed by atoms with Crippen molar-refractivity contribution in [3.05, 3.63) is 34.9 Å². The van der Waals surface area contributed by atoms with Crippen LogP contribution in [0.1, 0.15) is 27.9 Å². The highest BCUT2D eigenvalue weighted by Gasteiger charge is 2.21. The minimum atomic E-state index is -0.816. The molecular weight excluding hydrogens is 242 g/mol. The third kappa shape index (κ3) is 4.14. The lowest BCUT2D eigenvalue weighted by molar-refractivity contribution is -0.142. The van der Waals surface area contributed by atoms with Crippen molar-refractivity contribution in [3.63, 3.8) is 0 Å². The van der Waals surface area contributed by atoms with E-state index < -0.39 is 12.0 Å². The average molecular weight is 259 g/mol. The first-order valence-electron chi connectivity index (χ1n) is 5.88. The number of benzene rings is 1. The van der Waals surface area contributed by atoms with E-state index in [2.05, 4.69) is 16.0 Å². The van der Waals surface area contributed by atoms with E-state index in [0.29, 0.717) is 5.56 Å². The van der Waals surface area contributed by atoms with Crippen molar-refractivity contribution in [2.45, 2.75) is 26.3 Å². The van der Waals surface area contributed by atoms with Crippen LogP contribution in [0.5, 0.6) is 0 Å². The molecule has 100 valence electrons. The number of nitrogens with one attached hydrogen (secondary N) is 1. The monoisotopic (exact) mass is 259 g/mol. The molecule has 0 fully saturated rings. The van der Waals surface area contributed by atoms with Crippen LogP contribution in [-0.2, 0) is 9.53 Å². The van der Waals surface area contributed by atoms with Gasteiger partial charge in [0.2, 0.25) is 0 Å². The number of rotatable bonds is 4. The van der Waals surface area contributed by atoms with Crippen LogP contribution in [0.2, 0.25) is 0 Å². The molecule has 0 aliphatic carbocycles. The summed E-state index contributed by atoms with van der Waals surface area (Å²) in [4.78, 5) is 23.5. The Labute approximate surface area is 113 Å². The van der Waals surface area contributed by atoms with Crippen LogP contribution < -0.4 is 5.32 Å². The summed E-state index contributed by atoms with van der Waals surface area (Å²) in [5.41, 5.74) is 2.47. The number of carbonyl (C=O) groups is 2. The van der Waals surface area contributed by atoms with Crippen molar-refractivity contribution < 1.29 is 14.3 Å². The first-order chi connectivity index (χ1) is 8.97. The molecule has 0 aromatic heterocycles. The average Bonchev–Trinajstić information content (AvgIpc) is 2.36. The normalized spacial score (nSPS) is 11.3. The molecule has 1 N–H and O–H groups in total. The number of hydrogen-bond donors (Lipinski definition) is 1. The van der Waals surface area contributed by atoms with Crippen LogP contribution >= 0.6 is 0 Å². The van der Waals surface area contributed by atoms with E-state index in [1.54, 1.807) is 12.1 Å². The Kier molecular flexibility index (Phi) is 5.13. The summed E-state index contributed by atoms with van der Waals surface area (Å²) in [5, 5.41) is 2.58. The molecule has 0 bridgehead atoms. The number of methoxy groups -OCH3 is 1. The molecule has 0 aliphatic heterocycles. The van der Waals surface area contributed by atoms with Gasteiger partial charge in [0.25, 0.3) is 5.91 Å². The molecule has 1 aromatic rings. The highest BCUT2D eigenvalue weighted by atomic mass is 16.5. The Morgan fingerprint density at radius 3 is 2.37 bits per heavy atom. The minimum Gasteiger partial charge on any atom is -0.467 e. The third-order valence-corrected chi connectivity index (χ3v) is 2.60. The summed E-state index contributed by atoms with van der Waals surface area (Å²) < 4.78 is 4.60. The Balaban J connectivity index is 2.87. The number of carbonyl (C=O) groups excluding carboxylic acids is 2. The molecule has 1 atom stereocenters. The van der Waals surface area contributed by atoms with Gasteiger partial charge in [-0.1, -0.05) is 17.2 Å². The lowest BCUT2D eigenvalue weighted by Crippen LogP contribution is -2.41. The van der Waals surface area contributed by atoms with Gasteiger partial charge in [-0.25, -0.2) is 4.79 Å². The lowest BCUT2D eigenvalue weighted by atomic mass is 10.1. The van der Waals surface area contributed by atoms with Gasteiger partial charge >= 0.3 is 5.97 Å². The fourth-order valence-electron chi connectivity index (χ4n) is 1.80. The van der Waals surface area contributed by atoms with Gasteiger partial charge in [-0.2, -0.15) is 0 Å². The van der Waals surface area contributed by atoms with Crippen molar-refractivity contribution in [2.24, 2.45) is 0 Å². The maximum Gasteiger partial charge on any atom is 0.329 e. The van der Waals surface area contributed by atoms with Gasteiger partial charge in [0, 0.05) is 12.0 Å². The summed E-state index contributed by atoms with van der Waals surface area (Å²) >= 11 is 0. The maximum atomic E-state index is 12.1. The van der Waals surface area contributed by atoms with Gasteiger partial charge in [-0.05, 0) is 26.0 Å². The first kappa shape index (κ1) is 14.8. The molecule has 4 nitrogen and oxygen atoms in total. The van der Waals surface area contributed by atoms with E-state index in [9.17, 15) is 9.59 Å². The van der Waals surface area contributed by atoms with E-state index in [-0.39, 0.29) is 12.3 Å². The summed E-state index contributed by atoms with van der Waals surface area (Å²) in [5.74, 6) is 1.47. The zero-order valence-electron chi connectivity index (χ0n) is 11.3. The second-order valence-corrected chi connectivity index (χ2v) is 4.33. The van der Waals surface area contributed by atoms with Gasteiger partial charge < -0.3 is 10.1 Å².